The van der Waals surface area contributed by atoms with Gasteiger partial charge in [0, 0.05) is 0 Å². The van der Waals surface area contributed by atoms with E-state index < -0.39 is 13.3 Å². The smallest absolute Gasteiger partial charge is 0.146 e. The van der Waals surface area contributed by atoms with Crippen molar-refractivity contribution in [3.05, 3.63) is 53.3 Å². The lowest BCUT2D eigenvalue weighted by Gasteiger charge is -2.29. The number of unbranched alkanes of at least 4 members (excludes halogenated alkanes) is 1. The number of rotatable bonds is 10. The normalized spacial score (nSPS) is 21.3. The van der Waals surface area contributed by atoms with Gasteiger partial charge >= 0.3 is 0 Å². The molecule has 1 fully saturated rings. The van der Waals surface area contributed by atoms with Crippen LogP contribution in [0.1, 0.15) is 75.8 Å². The molecule has 3 heteroatoms. The van der Waals surface area contributed by atoms with Gasteiger partial charge in [-0.05, 0) is 67.2 Å². The average molecular weight is 377 g/mol. The fraction of sp³-hybridized carbons (Fsp3) is 0.583. The van der Waals surface area contributed by atoms with Crippen LogP contribution in [0.25, 0.3) is 5.57 Å². The Morgan fingerprint density at radius 2 is 1.70 bits per heavy atom. The molecule has 0 spiro atoms. The molecule has 0 unspecified atom stereocenters. The monoisotopic (exact) mass is 376 g/mol. The van der Waals surface area contributed by atoms with Crippen LogP contribution in [0.3, 0.4) is 0 Å². The summed E-state index contributed by atoms with van der Waals surface area (Å²) in [4.78, 5) is 0. The maximum absolute atomic E-state index is 13.5. The average Bonchev–Trinajstić information content (AvgIpc) is 2.72. The molecule has 0 heterocycles. The van der Waals surface area contributed by atoms with E-state index in [1.807, 2.05) is 12.1 Å². The Bertz CT molecular complexity index is 595. The summed E-state index contributed by atoms with van der Waals surface area (Å²) in [6.07, 6.45) is 12.4. The van der Waals surface area contributed by atoms with Crippen LogP contribution in [0.15, 0.2) is 42.2 Å². The molecule has 150 valence electrons. The number of hydrogen-bond donors (Lipinski definition) is 0. The Kier molecular flexibility index (Phi) is 9.58. The number of halogens is 2. The maximum atomic E-state index is 13.5. The first-order valence-electron chi connectivity index (χ1n) is 10.5. The maximum Gasteiger partial charge on any atom is 0.146 e. The number of alkyl halides is 2. The summed E-state index contributed by atoms with van der Waals surface area (Å²) in [6.45, 7) is 3.22. The minimum Gasteiger partial charge on any atom is -0.495 e. The molecule has 0 atom stereocenters. The van der Waals surface area contributed by atoms with Crippen molar-refractivity contribution in [2.24, 2.45) is 5.92 Å². The van der Waals surface area contributed by atoms with Crippen molar-refractivity contribution < 1.29 is 13.5 Å². The van der Waals surface area contributed by atoms with Crippen LogP contribution >= 0.6 is 0 Å². The molecule has 27 heavy (non-hydrogen) atoms. The number of ether oxygens (including phenoxy) is 1. The highest BCUT2D eigenvalue weighted by atomic mass is 19.1. The highest BCUT2D eigenvalue weighted by Crippen LogP contribution is 2.38. The van der Waals surface area contributed by atoms with Crippen LogP contribution in [0.4, 0.5) is 8.78 Å². The predicted molar refractivity (Wildman–Crippen MR) is 110 cm³/mol. The standard InChI is InChI=1S/C24H34F2O/c1-3-5-6-19-7-9-20(10-8-19)21-11-13-22(14-12-21)23(17-25)15-16-24(18-26)27-4-2/h11-16,19-20H,3-10,17-18H2,1-2H3/b23-15+,24-16+. The minimum absolute atomic E-state index is 0.236. The van der Waals surface area contributed by atoms with Gasteiger partial charge in [-0.25, -0.2) is 8.78 Å². The molecule has 0 amide bonds. The first kappa shape index (κ1) is 21.7. The van der Waals surface area contributed by atoms with Gasteiger partial charge in [0.25, 0.3) is 0 Å². The topological polar surface area (TPSA) is 9.23 Å². The van der Waals surface area contributed by atoms with Crippen molar-refractivity contribution >= 4 is 5.57 Å². The van der Waals surface area contributed by atoms with Gasteiger partial charge in [0.2, 0.25) is 0 Å². The zero-order chi connectivity index (χ0) is 19.5. The predicted octanol–water partition coefficient (Wildman–Crippen LogP) is 7.39. The zero-order valence-corrected chi connectivity index (χ0v) is 16.9. The summed E-state index contributed by atoms with van der Waals surface area (Å²) in [5.74, 6) is 1.77. The molecule has 0 bridgehead atoms. The number of hydrogen-bond acceptors (Lipinski definition) is 1. The third kappa shape index (κ3) is 6.79. The van der Waals surface area contributed by atoms with E-state index in [1.54, 1.807) is 13.0 Å². The van der Waals surface area contributed by atoms with Gasteiger partial charge in [0.1, 0.15) is 19.1 Å². The van der Waals surface area contributed by atoms with Crippen molar-refractivity contribution in [2.75, 3.05) is 20.0 Å². The van der Waals surface area contributed by atoms with E-state index in [2.05, 4.69) is 19.1 Å². The Balaban J connectivity index is 1.99. The molecule has 1 aromatic rings. The fourth-order valence-electron chi connectivity index (χ4n) is 3.97. The summed E-state index contributed by atoms with van der Waals surface area (Å²) in [5.41, 5.74) is 2.76. The second-order valence-electron chi connectivity index (χ2n) is 7.51. The molecular formula is C24H34F2O. The van der Waals surface area contributed by atoms with Crippen LogP contribution in [0, 0.1) is 5.92 Å². The quantitative estimate of drug-likeness (QED) is 0.305. The van der Waals surface area contributed by atoms with Crippen molar-refractivity contribution in [3.63, 3.8) is 0 Å². The van der Waals surface area contributed by atoms with Gasteiger partial charge in [0.05, 0.1) is 6.61 Å². The molecule has 0 aliphatic heterocycles. The van der Waals surface area contributed by atoms with Crippen LogP contribution in [-0.2, 0) is 4.74 Å². The molecule has 1 aromatic carbocycles. The van der Waals surface area contributed by atoms with Crippen LogP contribution in [-0.4, -0.2) is 20.0 Å². The van der Waals surface area contributed by atoms with Crippen LogP contribution < -0.4 is 0 Å². The van der Waals surface area contributed by atoms with Gasteiger partial charge in [-0.1, -0.05) is 56.5 Å². The summed E-state index contributed by atoms with van der Waals surface area (Å²) >= 11 is 0. The summed E-state index contributed by atoms with van der Waals surface area (Å²) in [7, 11) is 0. The lowest BCUT2D eigenvalue weighted by Crippen LogP contribution is -2.13. The van der Waals surface area contributed by atoms with Crippen molar-refractivity contribution in [1.29, 1.82) is 0 Å². The largest absolute Gasteiger partial charge is 0.495 e. The third-order valence-corrected chi connectivity index (χ3v) is 5.64. The molecule has 1 aliphatic carbocycles. The summed E-state index contributed by atoms with van der Waals surface area (Å²) < 4.78 is 31.5. The van der Waals surface area contributed by atoms with Crippen LogP contribution in [0.2, 0.25) is 0 Å². The highest BCUT2D eigenvalue weighted by Gasteiger charge is 2.21. The zero-order valence-electron chi connectivity index (χ0n) is 16.9. The van der Waals surface area contributed by atoms with E-state index in [9.17, 15) is 8.78 Å². The van der Waals surface area contributed by atoms with Gasteiger partial charge in [-0.2, -0.15) is 0 Å². The van der Waals surface area contributed by atoms with E-state index in [0.29, 0.717) is 18.1 Å². The first-order valence-corrected chi connectivity index (χ1v) is 10.5. The Morgan fingerprint density at radius 3 is 2.26 bits per heavy atom. The molecule has 1 aliphatic rings. The molecule has 0 N–H and O–H groups in total. The van der Waals surface area contributed by atoms with Gasteiger partial charge in [-0.15, -0.1) is 0 Å². The summed E-state index contributed by atoms with van der Waals surface area (Å²) in [5, 5.41) is 0. The second kappa shape index (κ2) is 11.9. The van der Waals surface area contributed by atoms with E-state index in [1.165, 1.54) is 56.6 Å². The molecule has 1 nitrogen and oxygen atoms in total. The van der Waals surface area contributed by atoms with E-state index in [0.717, 1.165) is 11.5 Å². The Hall–Kier alpha value is -1.64. The fourth-order valence-corrected chi connectivity index (χ4v) is 3.97. The molecule has 0 saturated heterocycles. The van der Waals surface area contributed by atoms with E-state index in [-0.39, 0.29) is 5.76 Å². The van der Waals surface area contributed by atoms with Gasteiger partial charge in [0.15, 0.2) is 0 Å². The van der Waals surface area contributed by atoms with E-state index >= 15 is 0 Å². The van der Waals surface area contributed by atoms with Crippen molar-refractivity contribution in [2.45, 2.75) is 64.7 Å². The molecule has 2 rings (SSSR count). The van der Waals surface area contributed by atoms with Crippen molar-refractivity contribution in [3.8, 4) is 0 Å². The SMILES string of the molecule is CCCCC1CCC(c2ccc(/C(=C/C=C(\CF)OCC)CF)cc2)CC1. The van der Waals surface area contributed by atoms with Crippen LogP contribution in [0.5, 0.6) is 0 Å². The highest BCUT2D eigenvalue weighted by molar-refractivity contribution is 5.68. The Morgan fingerprint density at radius 1 is 1.00 bits per heavy atom. The van der Waals surface area contributed by atoms with Crippen molar-refractivity contribution in [1.82, 2.24) is 0 Å². The Labute approximate surface area is 163 Å². The van der Waals surface area contributed by atoms with Gasteiger partial charge < -0.3 is 4.74 Å². The molecule has 0 aromatic heterocycles. The lowest BCUT2D eigenvalue weighted by atomic mass is 9.77. The minimum atomic E-state index is -0.677. The molecule has 1 saturated carbocycles. The third-order valence-electron chi connectivity index (χ3n) is 5.64. The second-order valence-corrected chi connectivity index (χ2v) is 7.51. The summed E-state index contributed by atoms with van der Waals surface area (Å²) in [6, 6.07) is 8.26. The lowest BCUT2D eigenvalue weighted by molar-refractivity contribution is 0.204. The molecule has 0 radical (unpaired) electrons. The number of benzene rings is 1. The molecular weight excluding hydrogens is 342 g/mol. The first-order chi connectivity index (χ1) is 13.2. The number of allylic oxidation sites excluding steroid dienone is 4. The van der Waals surface area contributed by atoms with E-state index in [4.69, 9.17) is 4.74 Å². The van der Waals surface area contributed by atoms with Gasteiger partial charge in [-0.3, -0.25) is 0 Å².